The van der Waals surface area contributed by atoms with Crippen LogP contribution in [0, 0.1) is 12.7 Å². The lowest BCUT2D eigenvalue weighted by Crippen LogP contribution is -2.35. The zero-order valence-electron chi connectivity index (χ0n) is 16.0. The van der Waals surface area contributed by atoms with Gasteiger partial charge in [-0.05, 0) is 24.6 Å². The van der Waals surface area contributed by atoms with Crippen LogP contribution in [0.3, 0.4) is 0 Å². The molecule has 0 aliphatic carbocycles. The second-order valence-corrected chi connectivity index (χ2v) is 6.53. The maximum atomic E-state index is 14.3. The summed E-state index contributed by atoms with van der Waals surface area (Å²) >= 11 is 5.81. The molecule has 14 heteroatoms. The molecule has 0 unspecified atom stereocenters. The zero-order valence-corrected chi connectivity index (χ0v) is 16.7. The second-order valence-electron chi connectivity index (χ2n) is 6.14. The Hall–Kier alpha value is -3.48. The molecule has 0 fully saturated rings. The molecule has 0 bridgehead atoms. The van der Waals surface area contributed by atoms with E-state index in [9.17, 15) is 22.4 Å². The maximum Gasteiger partial charge on any atom is 0.432 e. The third-order valence-electron chi connectivity index (χ3n) is 3.94. The summed E-state index contributed by atoms with van der Waals surface area (Å²) in [4.78, 5) is 25.3. The number of nitrogens with zero attached hydrogens (tertiary/aromatic N) is 5. The number of hydrogen-bond donors (Lipinski definition) is 2. The van der Waals surface area contributed by atoms with Gasteiger partial charge in [0.1, 0.15) is 10.8 Å². The van der Waals surface area contributed by atoms with Crippen molar-refractivity contribution in [3.05, 3.63) is 52.4 Å². The number of hydrogen-bond acceptors (Lipinski definition) is 6. The summed E-state index contributed by atoms with van der Waals surface area (Å²) in [7, 11) is 1.33. The topological polar surface area (TPSA) is 109 Å². The predicted molar refractivity (Wildman–Crippen MR) is 101 cm³/mol. The van der Waals surface area contributed by atoms with Crippen LogP contribution < -0.4 is 15.0 Å². The van der Waals surface area contributed by atoms with E-state index < -0.39 is 36.1 Å². The quantitative estimate of drug-likeness (QED) is 0.441. The highest BCUT2D eigenvalue weighted by molar-refractivity contribution is 6.29. The molecule has 3 heterocycles. The first-order valence-electron chi connectivity index (χ1n) is 8.47. The van der Waals surface area contributed by atoms with Crippen LogP contribution in [0.25, 0.3) is 0 Å². The number of amides is 2. The van der Waals surface area contributed by atoms with Gasteiger partial charge in [-0.3, -0.25) is 15.3 Å². The number of ether oxygens (including phenoxy) is 1. The van der Waals surface area contributed by atoms with Crippen LogP contribution in [0.1, 0.15) is 17.0 Å². The van der Waals surface area contributed by atoms with Crippen LogP contribution in [-0.4, -0.2) is 38.3 Å². The number of rotatable bonds is 5. The minimum Gasteiger partial charge on any atom is -0.467 e. The normalized spacial score (nSPS) is 11.3. The van der Waals surface area contributed by atoms with E-state index in [1.807, 2.05) is 5.10 Å². The Morgan fingerprint density at radius 3 is 2.55 bits per heavy atom. The molecule has 2 amide bonds. The molecule has 2 N–H and O–H groups in total. The summed E-state index contributed by atoms with van der Waals surface area (Å²) in [6.45, 7) is 1.01. The molecule has 0 atom stereocenters. The Balaban J connectivity index is 1.93. The molecule has 0 saturated heterocycles. The van der Waals surface area contributed by atoms with Crippen molar-refractivity contribution in [2.75, 3.05) is 17.3 Å². The Kier molecular flexibility index (Phi) is 6.24. The first-order valence-corrected chi connectivity index (χ1v) is 8.85. The molecule has 3 rings (SSSR count). The van der Waals surface area contributed by atoms with E-state index in [4.69, 9.17) is 16.3 Å². The molecule has 3 aromatic heterocycles. The largest absolute Gasteiger partial charge is 0.467 e. The van der Waals surface area contributed by atoms with Crippen LogP contribution in [0.5, 0.6) is 6.01 Å². The highest BCUT2D eigenvalue weighted by Gasteiger charge is 2.33. The lowest BCUT2D eigenvalue weighted by atomic mass is 10.3. The number of methoxy groups -OCH3 is 1. The van der Waals surface area contributed by atoms with Gasteiger partial charge >= 0.3 is 18.2 Å². The van der Waals surface area contributed by atoms with Gasteiger partial charge in [-0.15, -0.1) is 0 Å². The number of aromatic amines is 1. The monoisotopic (exact) mass is 459 g/mol. The van der Waals surface area contributed by atoms with Crippen molar-refractivity contribution < 1.29 is 27.1 Å². The standard InChI is InChI=1S/C17H14ClF4N7O2/c1-8-3-12(18)25-14(13(8)19)26-16(30)29(10-5-23-15(31-2)24-6-10)7-9-4-11(28-27-9)17(20,21)22/h3-6H,7H2,1-2H3,(H,27,28)(H,25,26,30). The van der Waals surface area contributed by atoms with E-state index >= 15 is 0 Å². The first-order chi connectivity index (χ1) is 14.6. The summed E-state index contributed by atoms with van der Waals surface area (Å²) in [5, 5.41) is 7.62. The minimum absolute atomic E-state index is 0.00131. The van der Waals surface area contributed by atoms with E-state index in [-0.39, 0.29) is 28.1 Å². The van der Waals surface area contributed by atoms with Crippen LogP contribution in [-0.2, 0) is 12.7 Å². The Labute approximate surface area is 177 Å². The van der Waals surface area contributed by atoms with Gasteiger partial charge in [0.15, 0.2) is 11.6 Å². The molecular formula is C17H14ClF4N7O2. The van der Waals surface area contributed by atoms with Gasteiger partial charge in [-0.2, -0.15) is 18.3 Å². The number of pyridine rings is 1. The number of halogens is 5. The third kappa shape index (κ3) is 5.17. The van der Waals surface area contributed by atoms with E-state index in [1.165, 1.54) is 32.5 Å². The van der Waals surface area contributed by atoms with E-state index in [2.05, 4.69) is 25.4 Å². The first kappa shape index (κ1) is 22.2. The van der Waals surface area contributed by atoms with Gasteiger partial charge < -0.3 is 4.74 Å². The SMILES string of the molecule is COc1ncc(N(Cc2cc(C(F)(F)F)[nH]n2)C(=O)Nc2nc(Cl)cc(C)c2F)cn1. The minimum atomic E-state index is -4.65. The molecule has 0 saturated carbocycles. The zero-order chi connectivity index (χ0) is 22.8. The number of carbonyl (C=O) groups excluding carboxylic acids is 1. The number of aromatic nitrogens is 5. The number of aryl methyl sites for hydroxylation is 1. The Morgan fingerprint density at radius 2 is 1.97 bits per heavy atom. The fraction of sp³-hybridized carbons (Fsp3) is 0.235. The van der Waals surface area contributed by atoms with Crippen molar-refractivity contribution in [2.45, 2.75) is 19.6 Å². The summed E-state index contributed by atoms with van der Waals surface area (Å²) in [6, 6.07) is 1.08. The van der Waals surface area contributed by atoms with Crippen molar-refractivity contribution in [2.24, 2.45) is 0 Å². The van der Waals surface area contributed by atoms with Gasteiger partial charge in [-0.25, -0.2) is 24.1 Å². The number of anilines is 2. The maximum absolute atomic E-state index is 14.3. The van der Waals surface area contributed by atoms with Gasteiger partial charge in [-0.1, -0.05) is 11.6 Å². The van der Waals surface area contributed by atoms with Gasteiger partial charge in [0.2, 0.25) is 0 Å². The summed E-state index contributed by atoms with van der Waals surface area (Å²) in [6.07, 6.45) is -2.24. The van der Waals surface area contributed by atoms with Gasteiger partial charge in [0.05, 0.1) is 37.4 Å². The van der Waals surface area contributed by atoms with Crippen molar-refractivity contribution in [1.82, 2.24) is 25.1 Å². The average molecular weight is 460 g/mol. The molecule has 0 aliphatic heterocycles. The summed E-state index contributed by atoms with van der Waals surface area (Å²) in [5.41, 5.74) is -0.994. The lowest BCUT2D eigenvalue weighted by molar-refractivity contribution is -0.141. The van der Waals surface area contributed by atoms with Crippen molar-refractivity contribution >= 4 is 29.1 Å². The van der Waals surface area contributed by atoms with Crippen LogP contribution in [0.15, 0.2) is 24.5 Å². The Bertz CT molecular complexity index is 1090. The fourth-order valence-corrected chi connectivity index (χ4v) is 2.70. The highest BCUT2D eigenvalue weighted by atomic mass is 35.5. The molecule has 0 spiro atoms. The summed E-state index contributed by atoms with van der Waals surface area (Å²) < 4.78 is 57.7. The number of urea groups is 1. The predicted octanol–water partition coefficient (Wildman–Crippen LogP) is 3.96. The summed E-state index contributed by atoms with van der Waals surface area (Å²) in [5.74, 6) is -1.27. The molecule has 0 radical (unpaired) electrons. The van der Waals surface area contributed by atoms with Crippen molar-refractivity contribution in [3.8, 4) is 6.01 Å². The highest BCUT2D eigenvalue weighted by Crippen LogP contribution is 2.28. The van der Waals surface area contributed by atoms with Gasteiger partial charge in [0.25, 0.3) is 0 Å². The van der Waals surface area contributed by atoms with E-state index in [0.29, 0.717) is 0 Å². The molecule has 0 aliphatic rings. The Morgan fingerprint density at radius 1 is 1.29 bits per heavy atom. The van der Waals surface area contributed by atoms with Crippen LogP contribution in [0.4, 0.5) is 33.9 Å². The van der Waals surface area contributed by atoms with E-state index in [1.54, 1.807) is 0 Å². The third-order valence-corrected chi connectivity index (χ3v) is 4.14. The molecule has 164 valence electrons. The smallest absolute Gasteiger partial charge is 0.432 e. The molecule has 31 heavy (non-hydrogen) atoms. The van der Waals surface area contributed by atoms with Crippen molar-refractivity contribution in [1.29, 1.82) is 0 Å². The molecule has 0 aromatic carbocycles. The van der Waals surface area contributed by atoms with Crippen LogP contribution in [0.2, 0.25) is 5.15 Å². The van der Waals surface area contributed by atoms with Gasteiger partial charge in [0, 0.05) is 0 Å². The lowest BCUT2D eigenvalue weighted by Gasteiger charge is -2.22. The average Bonchev–Trinajstić information content (AvgIpc) is 3.19. The van der Waals surface area contributed by atoms with Crippen molar-refractivity contribution in [3.63, 3.8) is 0 Å². The van der Waals surface area contributed by atoms with Crippen LogP contribution >= 0.6 is 11.6 Å². The fourth-order valence-electron chi connectivity index (χ4n) is 2.45. The number of H-pyrrole nitrogens is 1. The number of alkyl halides is 3. The number of carbonyl (C=O) groups is 1. The number of nitrogens with one attached hydrogen (secondary N) is 2. The molecular weight excluding hydrogens is 446 g/mol. The van der Waals surface area contributed by atoms with E-state index in [0.717, 1.165) is 11.0 Å². The molecule has 3 aromatic rings. The molecule has 9 nitrogen and oxygen atoms in total. The second kappa shape index (κ2) is 8.71.